The first-order valence-corrected chi connectivity index (χ1v) is 8.98. The van der Waals surface area contributed by atoms with Crippen molar-refractivity contribution in [2.45, 2.75) is 33.1 Å². The Hall–Kier alpha value is -3.15. The predicted octanol–water partition coefficient (Wildman–Crippen LogP) is 3.65. The third kappa shape index (κ3) is 7.32. The van der Waals surface area contributed by atoms with Crippen molar-refractivity contribution in [3.8, 4) is 5.75 Å². The molecule has 2 aromatic rings. The molecule has 0 saturated carbocycles. The van der Waals surface area contributed by atoms with Crippen LogP contribution in [0.3, 0.4) is 0 Å². The highest BCUT2D eigenvalue weighted by molar-refractivity contribution is 5.94. The molecule has 0 aliphatic rings. The van der Waals surface area contributed by atoms with Crippen molar-refractivity contribution in [1.29, 1.82) is 0 Å². The highest BCUT2D eigenvalue weighted by Gasteiger charge is 2.07. The van der Waals surface area contributed by atoms with Gasteiger partial charge < -0.3 is 10.1 Å². The average Bonchev–Trinajstić information content (AvgIpc) is 2.67. The van der Waals surface area contributed by atoms with Crippen LogP contribution in [0, 0.1) is 6.92 Å². The summed E-state index contributed by atoms with van der Waals surface area (Å²) in [5.74, 6) is 0.290. The standard InChI is InChI=1S/C21H25N3O3/c1-3-14-27-18-10-8-17(9-11-18)15-22-24-21(26)13-12-20(25)23-19-7-5-4-6-16(19)2/h4-11,15H,3,12-14H2,1-2H3,(H,23,25)(H,24,26). The molecule has 0 aliphatic carbocycles. The molecule has 0 bridgehead atoms. The first-order chi connectivity index (χ1) is 13.1. The average molecular weight is 367 g/mol. The first-order valence-electron chi connectivity index (χ1n) is 8.98. The van der Waals surface area contributed by atoms with Gasteiger partial charge in [-0.3, -0.25) is 9.59 Å². The third-order valence-electron chi connectivity index (χ3n) is 3.75. The molecule has 6 nitrogen and oxygen atoms in total. The highest BCUT2D eigenvalue weighted by Crippen LogP contribution is 2.13. The number of hydrogen-bond donors (Lipinski definition) is 2. The van der Waals surface area contributed by atoms with Gasteiger partial charge >= 0.3 is 0 Å². The summed E-state index contributed by atoms with van der Waals surface area (Å²) in [5.41, 5.74) is 5.01. The van der Waals surface area contributed by atoms with E-state index >= 15 is 0 Å². The number of carbonyl (C=O) groups is 2. The van der Waals surface area contributed by atoms with Crippen molar-refractivity contribution in [2.24, 2.45) is 5.10 Å². The molecule has 2 N–H and O–H groups in total. The molecule has 0 aliphatic heterocycles. The molecule has 0 unspecified atom stereocenters. The van der Waals surface area contributed by atoms with Crippen LogP contribution >= 0.6 is 0 Å². The summed E-state index contributed by atoms with van der Waals surface area (Å²) < 4.78 is 5.51. The minimum absolute atomic E-state index is 0.0683. The van der Waals surface area contributed by atoms with E-state index in [1.165, 1.54) is 0 Å². The summed E-state index contributed by atoms with van der Waals surface area (Å²) in [4.78, 5) is 23.7. The Labute approximate surface area is 159 Å². The molecular weight excluding hydrogens is 342 g/mol. The van der Waals surface area contributed by atoms with Crippen LogP contribution in [0.25, 0.3) is 0 Å². The van der Waals surface area contributed by atoms with Gasteiger partial charge in [0, 0.05) is 18.5 Å². The van der Waals surface area contributed by atoms with Gasteiger partial charge in [-0.15, -0.1) is 0 Å². The summed E-state index contributed by atoms with van der Waals surface area (Å²) in [6, 6.07) is 14.9. The van der Waals surface area contributed by atoms with Crippen LogP contribution in [-0.4, -0.2) is 24.6 Å². The van der Waals surface area contributed by atoms with Gasteiger partial charge in [0.05, 0.1) is 12.8 Å². The molecule has 0 radical (unpaired) electrons. The Morgan fingerprint density at radius 2 is 1.74 bits per heavy atom. The number of carbonyl (C=O) groups excluding carboxylic acids is 2. The molecule has 142 valence electrons. The minimum Gasteiger partial charge on any atom is -0.494 e. The molecule has 0 aromatic heterocycles. The molecule has 0 atom stereocenters. The summed E-state index contributed by atoms with van der Waals surface area (Å²) in [5, 5.41) is 6.71. The zero-order valence-electron chi connectivity index (χ0n) is 15.7. The first kappa shape index (κ1) is 20.2. The SMILES string of the molecule is CCCOc1ccc(C=NNC(=O)CCC(=O)Nc2ccccc2C)cc1. The second kappa shape index (κ2) is 10.8. The number of amides is 2. The van der Waals surface area contributed by atoms with Crippen molar-refractivity contribution >= 4 is 23.7 Å². The van der Waals surface area contributed by atoms with Crippen LogP contribution in [0.4, 0.5) is 5.69 Å². The van der Waals surface area contributed by atoms with Crippen molar-refractivity contribution in [3.05, 3.63) is 59.7 Å². The number of para-hydroxylation sites is 1. The van der Waals surface area contributed by atoms with Crippen molar-refractivity contribution in [3.63, 3.8) is 0 Å². The fourth-order valence-corrected chi connectivity index (χ4v) is 2.26. The van der Waals surface area contributed by atoms with E-state index in [9.17, 15) is 9.59 Å². The fraction of sp³-hybridized carbons (Fsp3) is 0.286. The van der Waals surface area contributed by atoms with Crippen molar-refractivity contribution in [1.82, 2.24) is 5.43 Å². The summed E-state index contributed by atoms with van der Waals surface area (Å²) in [6.45, 7) is 4.65. The molecule has 0 spiro atoms. The number of ether oxygens (including phenoxy) is 1. The Bertz CT molecular complexity index is 786. The highest BCUT2D eigenvalue weighted by atomic mass is 16.5. The number of nitrogens with zero attached hydrogens (tertiary/aromatic N) is 1. The van der Waals surface area contributed by atoms with Gasteiger partial charge in [-0.05, 0) is 54.8 Å². The third-order valence-corrected chi connectivity index (χ3v) is 3.75. The Morgan fingerprint density at radius 3 is 2.44 bits per heavy atom. The second-order valence-electron chi connectivity index (χ2n) is 6.07. The molecule has 0 heterocycles. The monoisotopic (exact) mass is 367 g/mol. The maximum absolute atomic E-state index is 11.9. The van der Waals surface area contributed by atoms with Gasteiger partial charge in [0.25, 0.3) is 0 Å². The number of benzene rings is 2. The van der Waals surface area contributed by atoms with E-state index in [1.54, 1.807) is 6.21 Å². The van der Waals surface area contributed by atoms with Crippen LogP contribution in [0.5, 0.6) is 5.75 Å². The van der Waals surface area contributed by atoms with Crippen LogP contribution in [0.2, 0.25) is 0 Å². The van der Waals surface area contributed by atoms with Crippen LogP contribution in [-0.2, 0) is 9.59 Å². The van der Waals surface area contributed by atoms with E-state index < -0.39 is 0 Å². The van der Waals surface area contributed by atoms with E-state index in [2.05, 4.69) is 22.8 Å². The number of rotatable bonds is 9. The molecule has 2 rings (SSSR count). The number of hydrogen-bond acceptors (Lipinski definition) is 4. The fourth-order valence-electron chi connectivity index (χ4n) is 2.26. The Morgan fingerprint density at radius 1 is 1.04 bits per heavy atom. The number of anilines is 1. The van der Waals surface area contributed by atoms with Gasteiger partial charge in [-0.25, -0.2) is 5.43 Å². The molecule has 2 aromatic carbocycles. The zero-order chi connectivity index (χ0) is 19.5. The topological polar surface area (TPSA) is 79.8 Å². The molecular formula is C21H25N3O3. The van der Waals surface area contributed by atoms with Crippen LogP contribution in [0.15, 0.2) is 53.6 Å². The summed E-state index contributed by atoms with van der Waals surface area (Å²) in [7, 11) is 0. The lowest BCUT2D eigenvalue weighted by atomic mass is 10.2. The smallest absolute Gasteiger partial charge is 0.240 e. The number of aryl methyl sites for hydroxylation is 1. The second-order valence-corrected chi connectivity index (χ2v) is 6.07. The molecule has 6 heteroatoms. The van der Waals surface area contributed by atoms with Gasteiger partial charge in [-0.1, -0.05) is 25.1 Å². The lowest BCUT2D eigenvalue weighted by Gasteiger charge is -2.07. The van der Waals surface area contributed by atoms with E-state index in [-0.39, 0.29) is 24.7 Å². The van der Waals surface area contributed by atoms with Gasteiger partial charge in [0.15, 0.2) is 0 Å². The molecule has 2 amide bonds. The normalized spacial score (nSPS) is 10.6. The summed E-state index contributed by atoms with van der Waals surface area (Å²) in [6.07, 6.45) is 2.67. The summed E-state index contributed by atoms with van der Waals surface area (Å²) >= 11 is 0. The number of hydrazone groups is 1. The maximum Gasteiger partial charge on any atom is 0.240 e. The van der Waals surface area contributed by atoms with Gasteiger partial charge in [-0.2, -0.15) is 5.10 Å². The van der Waals surface area contributed by atoms with Gasteiger partial charge in [0.2, 0.25) is 11.8 Å². The Balaban J connectivity index is 1.71. The number of nitrogens with one attached hydrogen (secondary N) is 2. The van der Waals surface area contributed by atoms with E-state index in [0.717, 1.165) is 29.0 Å². The predicted molar refractivity (Wildman–Crippen MR) is 107 cm³/mol. The molecule has 0 fully saturated rings. The minimum atomic E-state index is -0.311. The Kier molecular flexibility index (Phi) is 8.03. The van der Waals surface area contributed by atoms with E-state index in [4.69, 9.17) is 4.74 Å². The van der Waals surface area contributed by atoms with E-state index in [0.29, 0.717) is 6.61 Å². The largest absolute Gasteiger partial charge is 0.494 e. The van der Waals surface area contributed by atoms with E-state index in [1.807, 2.05) is 55.5 Å². The lowest BCUT2D eigenvalue weighted by Crippen LogP contribution is -2.20. The van der Waals surface area contributed by atoms with Crippen molar-refractivity contribution < 1.29 is 14.3 Å². The maximum atomic E-state index is 11.9. The lowest BCUT2D eigenvalue weighted by molar-refractivity contribution is -0.124. The quantitative estimate of drug-likeness (QED) is 0.524. The van der Waals surface area contributed by atoms with Crippen LogP contribution in [0.1, 0.15) is 37.3 Å². The molecule has 0 saturated heterocycles. The zero-order valence-corrected chi connectivity index (χ0v) is 15.7. The van der Waals surface area contributed by atoms with Crippen LogP contribution < -0.4 is 15.5 Å². The molecule has 27 heavy (non-hydrogen) atoms. The van der Waals surface area contributed by atoms with Crippen molar-refractivity contribution in [2.75, 3.05) is 11.9 Å². The van der Waals surface area contributed by atoms with Gasteiger partial charge in [0.1, 0.15) is 5.75 Å².